The molecule has 0 aliphatic carbocycles. The van der Waals surface area contributed by atoms with Crippen LogP contribution in [0.4, 0.5) is 0 Å². The first-order valence-electron chi connectivity index (χ1n) is 5.02. The first kappa shape index (κ1) is 11.2. The highest BCUT2D eigenvalue weighted by molar-refractivity contribution is 6.15. The molecule has 88 valence electrons. The number of phenols is 1. The van der Waals surface area contributed by atoms with Crippen LogP contribution in [0.2, 0.25) is 0 Å². The monoisotopic (exact) mass is 233 g/mol. The van der Waals surface area contributed by atoms with Gasteiger partial charge in [0, 0.05) is 5.57 Å². The van der Waals surface area contributed by atoms with Crippen LogP contribution in [-0.4, -0.2) is 24.0 Å². The first-order chi connectivity index (χ1) is 8.10. The fourth-order valence-electron chi connectivity index (χ4n) is 1.61. The molecule has 0 radical (unpaired) electrons. The quantitative estimate of drug-likeness (QED) is 0.586. The van der Waals surface area contributed by atoms with Gasteiger partial charge in [0.15, 0.2) is 11.5 Å². The molecule has 17 heavy (non-hydrogen) atoms. The van der Waals surface area contributed by atoms with E-state index in [1.165, 1.54) is 13.2 Å². The molecule has 1 aliphatic heterocycles. The molecule has 0 saturated carbocycles. The van der Waals surface area contributed by atoms with E-state index in [0.717, 1.165) is 0 Å². The van der Waals surface area contributed by atoms with Gasteiger partial charge in [-0.15, -0.1) is 0 Å². The minimum atomic E-state index is -0.373. The van der Waals surface area contributed by atoms with Gasteiger partial charge in [-0.05, 0) is 23.8 Å². The fraction of sp³-hybridized carbons (Fsp3) is 0.167. The van der Waals surface area contributed by atoms with Gasteiger partial charge in [-0.25, -0.2) is 0 Å². The van der Waals surface area contributed by atoms with Crippen LogP contribution in [0.15, 0.2) is 23.8 Å². The van der Waals surface area contributed by atoms with Crippen LogP contribution < -0.4 is 10.1 Å². The zero-order chi connectivity index (χ0) is 12.4. The summed E-state index contributed by atoms with van der Waals surface area (Å²) in [6, 6.07) is 4.71. The van der Waals surface area contributed by atoms with Crippen molar-refractivity contribution in [3.63, 3.8) is 0 Å². The van der Waals surface area contributed by atoms with Crippen LogP contribution in [0.5, 0.6) is 11.5 Å². The maximum absolute atomic E-state index is 11.3. The number of nitrogens with one attached hydrogen (secondary N) is 1. The summed E-state index contributed by atoms with van der Waals surface area (Å²) in [5.41, 5.74) is 1.10. The highest BCUT2D eigenvalue weighted by Crippen LogP contribution is 2.27. The second-order valence-electron chi connectivity index (χ2n) is 3.65. The van der Waals surface area contributed by atoms with Gasteiger partial charge < -0.3 is 9.84 Å². The molecule has 1 saturated heterocycles. The molecular formula is C12H11NO4. The van der Waals surface area contributed by atoms with Crippen molar-refractivity contribution in [2.45, 2.75) is 6.42 Å². The number of hydrogen-bond donors (Lipinski definition) is 2. The molecule has 1 heterocycles. The smallest absolute Gasteiger partial charge is 0.254 e. The summed E-state index contributed by atoms with van der Waals surface area (Å²) in [5, 5.41) is 11.6. The summed E-state index contributed by atoms with van der Waals surface area (Å²) in [4.78, 5) is 22.3. The Hall–Kier alpha value is -2.30. The number of rotatable bonds is 2. The lowest BCUT2D eigenvalue weighted by molar-refractivity contribution is -0.124. The van der Waals surface area contributed by atoms with E-state index in [4.69, 9.17) is 4.74 Å². The third-order valence-corrected chi connectivity index (χ3v) is 2.44. The van der Waals surface area contributed by atoms with Crippen LogP contribution in [0, 0.1) is 0 Å². The molecule has 0 aromatic heterocycles. The Morgan fingerprint density at radius 2 is 2.18 bits per heavy atom. The summed E-state index contributed by atoms with van der Waals surface area (Å²) >= 11 is 0. The third-order valence-electron chi connectivity index (χ3n) is 2.44. The maximum Gasteiger partial charge on any atom is 0.254 e. The molecule has 5 nitrogen and oxygen atoms in total. The number of methoxy groups -OCH3 is 1. The number of benzene rings is 1. The van der Waals surface area contributed by atoms with Crippen molar-refractivity contribution in [2.75, 3.05) is 7.11 Å². The lowest BCUT2D eigenvalue weighted by Gasteiger charge is -2.04. The van der Waals surface area contributed by atoms with Crippen molar-refractivity contribution in [1.82, 2.24) is 5.32 Å². The Labute approximate surface area is 97.7 Å². The van der Waals surface area contributed by atoms with Gasteiger partial charge in [-0.1, -0.05) is 6.07 Å². The summed E-state index contributed by atoms with van der Waals surface area (Å²) in [6.45, 7) is 0. The van der Waals surface area contributed by atoms with Crippen LogP contribution in [0.3, 0.4) is 0 Å². The Morgan fingerprint density at radius 1 is 1.41 bits per heavy atom. The topological polar surface area (TPSA) is 75.6 Å². The van der Waals surface area contributed by atoms with Gasteiger partial charge in [0.25, 0.3) is 5.91 Å². The Kier molecular flexibility index (Phi) is 2.82. The Balaban J connectivity index is 2.33. The summed E-state index contributed by atoms with van der Waals surface area (Å²) < 4.78 is 4.95. The van der Waals surface area contributed by atoms with E-state index >= 15 is 0 Å². The highest BCUT2D eigenvalue weighted by Gasteiger charge is 2.23. The van der Waals surface area contributed by atoms with Gasteiger partial charge in [0.2, 0.25) is 5.91 Å². The highest BCUT2D eigenvalue weighted by atomic mass is 16.5. The zero-order valence-corrected chi connectivity index (χ0v) is 9.19. The number of phenolic OH excluding ortho intramolecular Hbond substituents is 1. The number of carbonyl (C=O) groups excluding carboxylic acids is 2. The molecule has 1 aliphatic rings. The van der Waals surface area contributed by atoms with Crippen molar-refractivity contribution in [2.24, 2.45) is 0 Å². The predicted octanol–water partition coefficient (Wildman–Crippen LogP) is 0.831. The van der Waals surface area contributed by atoms with E-state index in [1.807, 2.05) is 0 Å². The molecule has 0 bridgehead atoms. The second kappa shape index (κ2) is 4.29. The molecule has 1 fully saturated rings. The Morgan fingerprint density at radius 3 is 2.76 bits per heavy atom. The molecule has 1 aromatic carbocycles. The number of aromatic hydroxyl groups is 1. The number of hydrogen-bond acceptors (Lipinski definition) is 4. The van der Waals surface area contributed by atoms with Crippen LogP contribution in [0.1, 0.15) is 12.0 Å². The van der Waals surface area contributed by atoms with Crippen molar-refractivity contribution in [3.05, 3.63) is 29.3 Å². The molecule has 1 aromatic rings. The lowest BCUT2D eigenvalue weighted by Crippen LogP contribution is -2.19. The normalized spacial score (nSPS) is 17.4. The van der Waals surface area contributed by atoms with Crippen molar-refractivity contribution >= 4 is 17.9 Å². The van der Waals surface area contributed by atoms with Crippen LogP contribution in [-0.2, 0) is 9.59 Å². The number of carbonyl (C=O) groups is 2. The van der Waals surface area contributed by atoms with E-state index in [1.54, 1.807) is 18.2 Å². The predicted molar refractivity (Wildman–Crippen MR) is 60.4 cm³/mol. The van der Waals surface area contributed by atoms with E-state index in [0.29, 0.717) is 16.9 Å². The summed E-state index contributed by atoms with van der Waals surface area (Å²) in [7, 11) is 1.44. The molecule has 2 amide bonds. The average Bonchev–Trinajstić information content (AvgIpc) is 2.60. The lowest BCUT2D eigenvalue weighted by atomic mass is 10.1. The van der Waals surface area contributed by atoms with E-state index in [2.05, 4.69) is 5.32 Å². The molecule has 0 unspecified atom stereocenters. The van der Waals surface area contributed by atoms with E-state index in [-0.39, 0.29) is 24.0 Å². The van der Waals surface area contributed by atoms with Gasteiger partial charge in [-0.3, -0.25) is 14.9 Å². The molecule has 2 rings (SSSR count). The van der Waals surface area contributed by atoms with Gasteiger partial charge in [0.1, 0.15) is 0 Å². The fourth-order valence-corrected chi connectivity index (χ4v) is 1.61. The summed E-state index contributed by atoms with van der Waals surface area (Å²) in [6.07, 6.45) is 1.68. The van der Waals surface area contributed by atoms with Crippen molar-refractivity contribution < 1.29 is 19.4 Å². The first-order valence-corrected chi connectivity index (χ1v) is 5.02. The zero-order valence-electron chi connectivity index (χ0n) is 9.19. The second-order valence-corrected chi connectivity index (χ2v) is 3.65. The maximum atomic E-state index is 11.3. The average molecular weight is 233 g/mol. The SMILES string of the molecule is COc1cc(/C=C2\CC(=O)NC2=O)ccc1O. The molecule has 0 atom stereocenters. The molecule has 5 heteroatoms. The van der Waals surface area contributed by atoms with Gasteiger partial charge >= 0.3 is 0 Å². The number of amides is 2. The van der Waals surface area contributed by atoms with E-state index in [9.17, 15) is 14.7 Å². The molecule has 0 spiro atoms. The minimum Gasteiger partial charge on any atom is -0.504 e. The van der Waals surface area contributed by atoms with Crippen molar-refractivity contribution in [3.8, 4) is 11.5 Å². The standard InChI is InChI=1S/C12H11NO4/c1-17-10-5-7(2-3-9(10)14)4-8-6-11(15)13-12(8)16/h2-5,14H,6H2,1H3,(H,13,15,16)/b8-4+. The summed E-state index contributed by atoms with van der Waals surface area (Å²) in [5.74, 6) is -0.320. The number of imide groups is 1. The van der Waals surface area contributed by atoms with Crippen LogP contribution >= 0.6 is 0 Å². The van der Waals surface area contributed by atoms with Crippen molar-refractivity contribution in [1.29, 1.82) is 0 Å². The molecule has 2 N–H and O–H groups in total. The minimum absolute atomic E-state index is 0.0293. The van der Waals surface area contributed by atoms with Crippen LogP contribution in [0.25, 0.3) is 6.08 Å². The van der Waals surface area contributed by atoms with Gasteiger partial charge in [0.05, 0.1) is 13.5 Å². The number of ether oxygens (including phenoxy) is 1. The van der Waals surface area contributed by atoms with E-state index < -0.39 is 0 Å². The third kappa shape index (κ3) is 2.28. The van der Waals surface area contributed by atoms with Gasteiger partial charge in [-0.2, -0.15) is 0 Å². The Bertz CT molecular complexity index is 519. The largest absolute Gasteiger partial charge is 0.504 e. The molecular weight excluding hydrogens is 222 g/mol.